The van der Waals surface area contributed by atoms with E-state index in [-0.39, 0.29) is 36.4 Å². The number of aromatic nitrogens is 2. The number of amides is 2. The molecular formula is C34H40N4O5. The van der Waals surface area contributed by atoms with Gasteiger partial charge in [-0.05, 0) is 56.9 Å². The zero-order chi connectivity index (χ0) is 30.0. The highest BCUT2D eigenvalue weighted by Crippen LogP contribution is 2.46. The Kier molecular flexibility index (Phi) is 8.23. The number of hydrogen-bond donors (Lipinski definition) is 1. The van der Waals surface area contributed by atoms with E-state index in [0.717, 1.165) is 48.8 Å². The quantitative estimate of drug-likeness (QED) is 0.336. The number of esters is 1. The zero-order valence-corrected chi connectivity index (χ0v) is 24.9. The predicted molar refractivity (Wildman–Crippen MR) is 163 cm³/mol. The van der Waals surface area contributed by atoms with Crippen LogP contribution in [0.2, 0.25) is 0 Å². The summed E-state index contributed by atoms with van der Waals surface area (Å²) in [5.74, 6) is -0.478. The highest BCUT2D eigenvalue weighted by atomic mass is 16.5. The minimum atomic E-state index is -1.08. The molecule has 1 aromatic heterocycles. The van der Waals surface area contributed by atoms with Gasteiger partial charge in [-0.15, -0.1) is 0 Å². The molecule has 2 aromatic carbocycles. The minimum absolute atomic E-state index is 0.0474. The molecule has 2 amide bonds. The van der Waals surface area contributed by atoms with Crippen molar-refractivity contribution in [2.75, 3.05) is 13.2 Å². The van der Waals surface area contributed by atoms with Crippen molar-refractivity contribution in [1.82, 2.24) is 19.8 Å². The molecule has 2 aliphatic heterocycles. The van der Waals surface area contributed by atoms with E-state index in [1.165, 1.54) is 0 Å². The van der Waals surface area contributed by atoms with E-state index < -0.39 is 17.6 Å². The molecular weight excluding hydrogens is 544 g/mol. The summed E-state index contributed by atoms with van der Waals surface area (Å²) in [5, 5.41) is 3.03. The molecule has 0 bridgehead atoms. The van der Waals surface area contributed by atoms with Crippen LogP contribution in [0.4, 0.5) is 0 Å². The number of para-hydroxylation sites is 1. The van der Waals surface area contributed by atoms with Gasteiger partial charge in [-0.1, -0.05) is 50.1 Å². The van der Waals surface area contributed by atoms with Crippen molar-refractivity contribution in [1.29, 1.82) is 0 Å². The summed E-state index contributed by atoms with van der Waals surface area (Å²) in [6.07, 6.45) is 11.1. The Hall–Kier alpha value is -4.14. The fraction of sp³-hybridized carbons (Fsp3) is 0.471. The van der Waals surface area contributed by atoms with Crippen LogP contribution in [0, 0.1) is 11.8 Å². The molecule has 3 aliphatic rings. The smallest absolute Gasteiger partial charge is 0.332 e. The number of nitrogens with one attached hydrogen (secondary N) is 1. The van der Waals surface area contributed by atoms with Crippen molar-refractivity contribution in [2.24, 2.45) is 11.8 Å². The second-order valence-corrected chi connectivity index (χ2v) is 12.0. The van der Waals surface area contributed by atoms with E-state index in [0.29, 0.717) is 25.1 Å². The Balaban J connectivity index is 1.23. The van der Waals surface area contributed by atoms with E-state index in [4.69, 9.17) is 9.47 Å². The van der Waals surface area contributed by atoms with Gasteiger partial charge in [0.1, 0.15) is 29.8 Å². The summed E-state index contributed by atoms with van der Waals surface area (Å²) in [6.45, 7) is 4.24. The largest absolute Gasteiger partial charge is 0.488 e. The summed E-state index contributed by atoms with van der Waals surface area (Å²) in [4.78, 5) is 46.8. The van der Waals surface area contributed by atoms with Crippen molar-refractivity contribution in [3.8, 4) is 11.4 Å². The first-order chi connectivity index (χ1) is 20.9. The number of ether oxygens (including phenoxy) is 2. The maximum atomic E-state index is 13.8. The zero-order valence-electron chi connectivity index (χ0n) is 24.9. The summed E-state index contributed by atoms with van der Waals surface area (Å²) in [5.41, 5.74) is 1.69. The minimum Gasteiger partial charge on any atom is -0.488 e. The van der Waals surface area contributed by atoms with Gasteiger partial charge in [-0.3, -0.25) is 14.2 Å². The molecule has 6 rings (SSSR count). The lowest BCUT2D eigenvalue weighted by molar-refractivity contribution is -0.150. The molecule has 1 aliphatic carbocycles. The maximum Gasteiger partial charge on any atom is 0.332 e. The van der Waals surface area contributed by atoms with Crippen LogP contribution >= 0.6 is 0 Å². The van der Waals surface area contributed by atoms with Crippen LogP contribution in [0.5, 0.6) is 5.75 Å². The first-order valence-corrected chi connectivity index (χ1v) is 15.5. The topological polar surface area (TPSA) is 103 Å². The molecule has 0 spiro atoms. The van der Waals surface area contributed by atoms with Crippen molar-refractivity contribution in [3.05, 3.63) is 67.0 Å². The van der Waals surface area contributed by atoms with Crippen LogP contribution in [-0.2, 0) is 19.1 Å². The van der Waals surface area contributed by atoms with Gasteiger partial charge in [0.15, 0.2) is 0 Å². The van der Waals surface area contributed by atoms with Gasteiger partial charge in [-0.25, -0.2) is 9.78 Å². The second kappa shape index (κ2) is 12.2. The van der Waals surface area contributed by atoms with E-state index in [2.05, 4.69) is 16.4 Å². The molecule has 9 heteroatoms. The van der Waals surface area contributed by atoms with Crippen LogP contribution in [0.1, 0.15) is 58.8 Å². The summed E-state index contributed by atoms with van der Waals surface area (Å²) < 4.78 is 13.8. The van der Waals surface area contributed by atoms with Crippen molar-refractivity contribution < 1.29 is 23.9 Å². The molecule has 1 N–H and O–H groups in total. The van der Waals surface area contributed by atoms with Gasteiger partial charge in [0.05, 0.1) is 24.2 Å². The van der Waals surface area contributed by atoms with Crippen LogP contribution < -0.4 is 10.1 Å². The number of rotatable bonds is 5. The number of imidazole rings is 1. The van der Waals surface area contributed by atoms with Gasteiger partial charge >= 0.3 is 5.97 Å². The fourth-order valence-corrected chi connectivity index (χ4v) is 6.50. The normalized spacial score (nSPS) is 28.7. The van der Waals surface area contributed by atoms with Crippen LogP contribution in [0.3, 0.4) is 0 Å². The lowest BCUT2D eigenvalue weighted by Gasteiger charge is -2.28. The predicted octanol–water partition coefficient (Wildman–Crippen LogP) is 4.97. The van der Waals surface area contributed by atoms with Crippen molar-refractivity contribution in [3.63, 3.8) is 0 Å². The Morgan fingerprint density at radius 3 is 2.77 bits per heavy atom. The Morgan fingerprint density at radius 2 is 1.95 bits per heavy atom. The lowest BCUT2D eigenvalue weighted by Crippen LogP contribution is -2.54. The molecule has 226 valence electrons. The van der Waals surface area contributed by atoms with Gasteiger partial charge in [0.2, 0.25) is 11.8 Å². The summed E-state index contributed by atoms with van der Waals surface area (Å²) in [6, 6.07) is 15.1. The number of carbonyl (C=O) groups excluding carboxylic acids is 3. The SMILES string of the molecule is CCOC(=O)[C@@]12C[C@H]1/C=C\CCCCC[C@H](C)C(=O)N1C[C@H](Oc3ccc4c(c3)ncn4-c3ccccc3)C[C@H]1C(=O)N2. The molecule has 1 saturated heterocycles. The number of nitrogens with zero attached hydrogens (tertiary/aromatic N) is 3. The third kappa shape index (κ3) is 5.90. The molecule has 0 radical (unpaired) electrons. The number of benzene rings is 2. The number of fused-ring (bicyclic) bond motifs is 3. The number of hydrogen-bond acceptors (Lipinski definition) is 6. The standard InChI is InChI=1S/C34H40N4O5/c1-3-42-33(41)34-20-24(34)13-9-6-4-5-8-12-23(2)32(40)37-21-27(19-30(37)31(39)36-34)43-26-16-17-29-28(18-26)35-22-38(29)25-14-10-7-11-15-25/h7,9-11,13-18,22-24,27,30H,3-6,8,12,19-21H2,1-2H3,(H,36,39)/b13-9-/t23-,24+,27+,30-,34+/m0/s1. The molecule has 2 fully saturated rings. The summed E-state index contributed by atoms with van der Waals surface area (Å²) in [7, 11) is 0. The molecule has 3 aromatic rings. The molecule has 1 saturated carbocycles. The third-order valence-electron chi connectivity index (χ3n) is 9.00. The van der Waals surface area contributed by atoms with Gasteiger partial charge < -0.3 is 19.7 Å². The Morgan fingerprint density at radius 1 is 1.12 bits per heavy atom. The average Bonchev–Trinajstić information content (AvgIpc) is 3.32. The Labute approximate surface area is 252 Å². The van der Waals surface area contributed by atoms with Gasteiger partial charge in [0.25, 0.3) is 0 Å². The third-order valence-corrected chi connectivity index (χ3v) is 9.00. The molecule has 5 atom stereocenters. The number of carbonyl (C=O) groups is 3. The van der Waals surface area contributed by atoms with Crippen LogP contribution in [0.15, 0.2) is 67.0 Å². The van der Waals surface area contributed by atoms with Gasteiger partial charge in [-0.2, -0.15) is 0 Å². The van der Waals surface area contributed by atoms with Crippen LogP contribution in [-0.4, -0.2) is 63.1 Å². The summed E-state index contributed by atoms with van der Waals surface area (Å²) >= 11 is 0. The van der Waals surface area contributed by atoms with Crippen molar-refractivity contribution in [2.45, 2.75) is 76.5 Å². The van der Waals surface area contributed by atoms with E-state index in [1.807, 2.05) is 66.1 Å². The van der Waals surface area contributed by atoms with E-state index >= 15 is 0 Å². The maximum absolute atomic E-state index is 13.8. The molecule has 3 heterocycles. The average molecular weight is 585 g/mol. The van der Waals surface area contributed by atoms with E-state index in [9.17, 15) is 14.4 Å². The molecule has 43 heavy (non-hydrogen) atoms. The fourth-order valence-electron chi connectivity index (χ4n) is 6.50. The first-order valence-electron chi connectivity index (χ1n) is 15.5. The number of allylic oxidation sites excluding steroid dienone is 1. The van der Waals surface area contributed by atoms with E-state index in [1.54, 1.807) is 18.2 Å². The lowest BCUT2D eigenvalue weighted by atomic mass is 10.0. The van der Waals surface area contributed by atoms with Crippen molar-refractivity contribution >= 4 is 28.8 Å². The van der Waals surface area contributed by atoms with Gasteiger partial charge in [0, 0.05) is 30.0 Å². The highest BCUT2D eigenvalue weighted by molar-refractivity contribution is 5.95. The molecule has 9 nitrogen and oxygen atoms in total. The Bertz CT molecular complexity index is 1520. The highest BCUT2D eigenvalue weighted by Gasteiger charge is 2.62. The monoisotopic (exact) mass is 584 g/mol. The van der Waals surface area contributed by atoms with Crippen LogP contribution in [0.25, 0.3) is 16.7 Å². The second-order valence-electron chi connectivity index (χ2n) is 12.0. The first kappa shape index (κ1) is 29.0. The molecule has 0 unspecified atom stereocenters.